The number of benzene rings is 3. The monoisotopic (exact) mass is 482 g/mol. The zero-order chi connectivity index (χ0) is 24.9. The number of rotatable bonds is 7. The Bertz CT molecular complexity index is 1430. The van der Waals surface area contributed by atoms with E-state index in [0.29, 0.717) is 28.4 Å². The molecule has 5 rings (SSSR count). The van der Waals surface area contributed by atoms with E-state index in [9.17, 15) is 9.59 Å². The number of nitrogens with one attached hydrogen (secondary N) is 1. The van der Waals surface area contributed by atoms with Crippen LogP contribution in [0.4, 0.5) is 11.4 Å². The van der Waals surface area contributed by atoms with Crippen LogP contribution in [0.5, 0.6) is 17.2 Å². The van der Waals surface area contributed by atoms with Gasteiger partial charge in [-0.3, -0.25) is 9.59 Å². The number of hydrogen-bond acceptors (Lipinski definition) is 6. The summed E-state index contributed by atoms with van der Waals surface area (Å²) in [4.78, 5) is 28.4. The van der Waals surface area contributed by atoms with Crippen molar-refractivity contribution in [3.63, 3.8) is 0 Å². The molecule has 0 radical (unpaired) electrons. The summed E-state index contributed by atoms with van der Waals surface area (Å²) in [7, 11) is 1.57. The number of hydrogen-bond donors (Lipinski definition) is 1. The minimum atomic E-state index is -0.391. The summed E-state index contributed by atoms with van der Waals surface area (Å²) < 4.78 is 12.7. The van der Waals surface area contributed by atoms with E-state index in [0.717, 1.165) is 25.9 Å². The van der Waals surface area contributed by atoms with Crippen LogP contribution in [0.3, 0.4) is 0 Å². The van der Waals surface area contributed by atoms with Crippen LogP contribution in [0.25, 0.3) is 5.69 Å². The predicted molar refractivity (Wildman–Crippen MR) is 138 cm³/mol. The summed E-state index contributed by atoms with van der Waals surface area (Å²) in [6.07, 6.45) is 3.53. The fourth-order valence-corrected chi connectivity index (χ4v) is 4.15. The standard InChI is InChI=1S/C28H26N4O4/c1-35-23-13-8-14-24(18-23)36-25-19-29-32(22-11-3-2-4-12-22)28(34)26(25)30-21-10-7-9-20(17-21)27(33)31-15-5-6-16-31/h2-4,7-14,17-19,30H,5-6,15-16H2,1H3. The molecule has 1 saturated heterocycles. The van der Waals surface area contributed by atoms with Gasteiger partial charge in [-0.25, -0.2) is 0 Å². The van der Waals surface area contributed by atoms with Crippen LogP contribution in [-0.4, -0.2) is 40.8 Å². The molecule has 0 bridgehead atoms. The first-order valence-electron chi connectivity index (χ1n) is 11.8. The van der Waals surface area contributed by atoms with Gasteiger partial charge in [0.25, 0.3) is 11.5 Å². The molecular weight excluding hydrogens is 456 g/mol. The Hall–Kier alpha value is -4.59. The van der Waals surface area contributed by atoms with Crippen LogP contribution in [0.15, 0.2) is 89.9 Å². The molecule has 1 fully saturated rings. The second-order valence-corrected chi connectivity index (χ2v) is 8.42. The third-order valence-electron chi connectivity index (χ3n) is 5.99. The number of anilines is 2. The van der Waals surface area contributed by atoms with Gasteiger partial charge in [0.1, 0.15) is 11.5 Å². The lowest BCUT2D eigenvalue weighted by Gasteiger charge is -2.17. The highest BCUT2D eigenvalue weighted by molar-refractivity contribution is 5.95. The molecule has 4 aromatic rings. The lowest BCUT2D eigenvalue weighted by molar-refractivity contribution is 0.0793. The molecule has 36 heavy (non-hydrogen) atoms. The van der Waals surface area contributed by atoms with Crippen LogP contribution < -0.4 is 20.3 Å². The van der Waals surface area contributed by atoms with Crippen molar-refractivity contribution < 1.29 is 14.3 Å². The summed E-state index contributed by atoms with van der Waals surface area (Å²) in [5.41, 5.74) is 1.59. The minimum absolute atomic E-state index is 0.0135. The summed E-state index contributed by atoms with van der Waals surface area (Å²) in [6.45, 7) is 1.53. The minimum Gasteiger partial charge on any atom is -0.497 e. The lowest BCUT2D eigenvalue weighted by atomic mass is 10.1. The highest BCUT2D eigenvalue weighted by Gasteiger charge is 2.20. The predicted octanol–water partition coefficient (Wildman–Crippen LogP) is 5.01. The van der Waals surface area contributed by atoms with Gasteiger partial charge in [-0.05, 0) is 55.3 Å². The molecule has 1 aliphatic rings. The Morgan fingerprint density at radius 3 is 2.44 bits per heavy atom. The van der Waals surface area contributed by atoms with Crippen molar-refractivity contribution in [1.29, 1.82) is 0 Å². The molecular formula is C28H26N4O4. The van der Waals surface area contributed by atoms with E-state index >= 15 is 0 Å². The van der Waals surface area contributed by atoms with Gasteiger partial charge in [0.2, 0.25) is 0 Å². The first-order valence-corrected chi connectivity index (χ1v) is 11.8. The SMILES string of the molecule is COc1cccc(Oc2cnn(-c3ccccc3)c(=O)c2Nc2cccc(C(=O)N3CCCC3)c2)c1. The Morgan fingerprint density at radius 1 is 0.917 bits per heavy atom. The van der Waals surface area contributed by atoms with E-state index in [1.807, 2.05) is 29.2 Å². The number of aromatic nitrogens is 2. The number of likely N-dealkylation sites (tertiary alicyclic amines) is 1. The second-order valence-electron chi connectivity index (χ2n) is 8.42. The maximum absolute atomic E-state index is 13.6. The van der Waals surface area contributed by atoms with Crippen molar-refractivity contribution in [1.82, 2.24) is 14.7 Å². The van der Waals surface area contributed by atoms with Crippen LogP contribution >= 0.6 is 0 Å². The molecule has 1 aliphatic heterocycles. The Morgan fingerprint density at radius 2 is 1.67 bits per heavy atom. The van der Waals surface area contributed by atoms with Crippen molar-refractivity contribution >= 4 is 17.3 Å². The normalized spacial score (nSPS) is 12.9. The molecule has 0 saturated carbocycles. The van der Waals surface area contributed by atoms with Gasteiger partial charge < -0.3 is 19.7 Å². The van der Waals surface area contributed by atoms with Gasteiger partial charge in [0.05, 0.1) is 19.0 Å². The average Bonchev–Trinajstić information content (AvgIpc) is 3.46. The number of carbonyl (C=O) groups is 1. The molecule has 0 spiro atoms. The van der Waals surface area contributed by atoms with Crippen molar-refractivity contribution in [3.8, 4) is 22.9 Å². The number of ether oxygens (including phenoxy) is 2. The summed E-state index contributed by atoms with van der Waals surface area (Å²) >= 11 is 0. The number of nitrogens with zero attached hydrogens (tertiary/aromatic N) is 3. The largest absolute Gasteiger partial charge is 0.497 e. The van der Waals surface area contributed by atoms with Crippen LogP contribution in [0, 0.1) is 0 Å². The van der Waals surface area contributed by atoms with E-state index in [4.69, 9.17) is 9.47 Å². The molecule has 1 N–H and O–H groups in total. The molecule has 0 unspecified atom stereocenters. The van der Waals surface area contributed by atoms with Gasteiger partial charge in [-0.1, -0.05) is 30.3 Å². The molecule has 1 amide bonds. The summed E-state index contributed by atoms with van der Waals surface area (Å²) in [5.74, 6) is 1.35. The molecule has 0 atom stereocenters. The maximum atomic E-state index is 13.6. The third-order valence-corrected chi connectivity index (χ3v) is 5.99. The van der Waals surface area contributed by atoms with Gasteiger partial charge in [0.15, 0.2) is 11.4 Å². The van der Waals surface area contributed by atoms with Crippen LogP contribution in [0.2, 0.25) is 0 Å². The van der Waals surface area contributed by atoms with Crippen molar-refractivity contribution in [2.24, 2.45) is 0 Å². The Kier molecular flexibility index (Phi) is 6.66. The second kappa shape index (κ2) is 10.4. The first-order chi connectivity index (χ1) is 17.6. The fraction of sp³-hybridized carbons (Fsp3) is 0.179. The quantitative estimate of drug-likeness (QED) is 0.398. The zero-order valence-corrected chi connectivity index (χ0v) is 19.9. The first kappa shape index (κ1) is 23.2. The van der Waals surface area contributed by atoms with Gasteiger partial charge in [-0.2, -0.15) is 9.78 Å². The van der Waals surface area contributed by atoms with Crippen molar-refractivity contribution in [2.45, 2.75) is 12.8 Å². The van der Waals surface area contributed by atoms with E-state index in [2.05, 4.69) is 10.4 Å². The van der Waals surface area contributed by atoms with Gasteiger partial charge in [-0.15, -0.1) is 0 Å². The maximum Gasteiger partial charge on any atom is 0.299 e. The van der Waals surface area contributed by atoms with Crippen LogP contribution in [-0.2, 0) is 0 Å². The van der Waals surface area contributed by atoms with Gasteiger partial charge in [0, 0.05) is 30.4 Å². The number of methoxy groups -OCH3 is 1. The smallest absolute Gasteiger partial charge is 0.299 e. The van der Waals surface area contributed by atoms with Crippen molar-refractivity contribution in [2.75, 3.05) is 25.5 Å². The Balaban J connectivity index is 1.53. The van der Waals surface area contributed by atoms with E-state index in [1.54, 1.807) is 61.7 Å². The molecule has 8 heteroatoms. The fourth-order valence-electron chi connectivity index (χ4n) is 4.15. The lowest BCUT2D eigenvalue weighted by Crippen LogP contribution is -2.27. The molecule has 8 nitrogen and oxygen atoms in total. The molecule has 0 aliphatic carbocycles. The number of para-hydroxylation sites is 1. The summed E-state index contributed by atoms with van der Waals surface area (Å²) in [5, 5.41) is 7.52. The van der Waals surface area contributed by atoms with Crippen LogP contribution in [0.1, 0.15) is 23.2 Å². The van der Waals surface area contributed by atoms with Gasteiger partial charge >= 0.3 is 0 Å². The molecule has 1 aromatic heterocycles. The number of amides is 1. The summed E-state index contributed by atoms with van der Waals surface area (Å²) in [6, 6.07) is 23.4. The van der Waals surface area contributed by atoms with E-state index in [-0.39, 0.29) is 17.3 Å². The number of carbonyl (C=O) groups excluding carboxylic acids is 1. The molecule has 182 valence electrons. The molecule has 2 heterocycles. The van der Waals surface area contributed by atoms with E-state index < -0.39 is 5.56 Å². The van der Waals surface area contributed by atoms with Crippen molar-refractivity contribution in [3.05, 3.63) is 101 Å². The Labute approximate surface area is 208 Å². The highest BCUT2D eigenvalue weighted by Crippen LogP contribution is 2.31. The topological polar surface area (TPSA) is 85.7 Å². The van der Waals surface area contributed by atoms with E-state index in [1.165, 1.54) is 10.9 Å². The highest BCUT2D eigenvalue weighted by atomic mass is 16.5. The average molecular weight is 483 g/mol. The zero-order valence-electron chi connectivity index (χ0n) is 19.9. The molecule has 3 aromatic carbocycles. The third kappa shape index (κ3) is 4.93.